The molecular formula is C12H18N4OS. The van der Waals surface area contributed by atoms with Crippen LogP contribution in [0.5, 0.6) is 0 Å². The molecule has 0 fully saturated rings. The first kappa shape index (κ1) is 13.0. The summed E-state index contributed by atoms with van der Waals surface area (Å²) in [6.07, 6.45) is 1.92. The van der Waals surface area contributed by atoms with Crippen molar-refractivity contribution in [1.82, 2.24) is 14.5 Å². The van der Waals surface area contributed by atoms with Crippen molar-refractivity contribution in [1.29, 1.82) is 0 Å². The zero-order chi connectivity index (χ0) is 13.1. The molecule has 5 nitrogen and oxygen atoms in total. The molecule has 0 aromatic carbocycles. The minimum Gasteiger partial charge on any atom is -0.378 e. The van der Waals surface area contributed by atoms with Crippen LogP contribution in [0.4, 0.5) is 5.00 Å². The second-order valence-electron chi connectivity index (χ2n) is 4.67. The van der Waals surface area contributed by atoms with Gasteiger partial charge in [-0.15, -0.1) is 0 Å². The number of aryl methyl sites for hydroxylation is 2. The number of nitrogens with zero attached hydrogens (tertiary/aromatic N) is 3. The number of rotatable bonds is 5. The van der Waals surface area contributed by atoms with E-state index in [1.54, 1.807) is 0 Å². The zero-order valence-electron chi connectivity index (χ0n) is 11.1. The minimum atomic E-state index is 0.560. The number of anilines is 1. The maximum atomic E-state index is 5.33. The predicted octanol–water partition coefficient (Wildman–Crippen LogP) is 3.13. The number of hydrogen-bond acceptors (Lipinski definition) is 6. The number of nitrogens with one attached hydrogen (secondary N) is 1. The van der Waals surface area contributed by atoms with Crippen molar-refractivity contribution >= 4 is 16.5 Å². The van der Waals surface area contributed by atoms with Gasteiger partial charge in [0.1, 0.15) is 5.00 Å². The Labute approximate surface area is 111 Å². The van der Waals surface area contributed by atoms with Gasteiger partial charge in [0.25, 0.3) is 5.89 Å². The molecule has 18 heavy (non-hydrogen) atoms. The average Bonchev–Trinajstić information content (AvgIpc) is 2.92. The third kappa shape index (κ3) is 2.69. The van der Waals surface area contributed by atoms with Crippen molar-refractivity contribution < 1.29 is 4.52 Å². The smallest absolute Gasteiger partial charge is 0.262 e. The summed E-state index contributed by atoms with van der Waals surface area (Å²) >= 11 is 1.41. The van der Waals surface area contributed by atoms with Crippen LogP contribution in [-0.2, 0) is 6.42 Å². The van der Waals surface area contributed by atoms with Crippen molar-refractivity contribution in [2.24, 2.45) is 5.92 Å². The molecule has 0 saturated heterocycles. The van der Waals surface area contributed by atoms with Gasteiger partial charge in [0, 0.05) is 13.5 Å². The van der Waals surface area contributed by atoms with Crippen LogP contribution >= 0.6 is 11.5 Å². The van der Waals surface area contributed by atoms with E-state index in [0.717, 1.165) is 34.9 Å². The lowest BCUT2D eigenvalue weighted by molar-refractivity contribution is 0.419. The molecule has 0 aliphatic carbocycles. The van der Waals surface area contributed by atoms with Crippen LogP contribution in [0.25, 0.3) is 11.5 Å². The van der Waals surface area contributed by atoms with E-state index in [1.807, 2.05) is 14.0 Å². The molecule has 0 radical (unpaired) electrons. The molecule has 2 rings (SSSR count). The topological polar surface area (TPSA) is 63.8 Å². The average molecular weight is 266 g/mol. The molecule has 0 unspecified atom stereocenters. The first-order valence-electron chi connectivity index (χ1n) is 6.08. The van der Waals surface area contributed by atoms with Crippen LogP contribution in [0, 0.1) is 12.8 Å². The Hall–Kier alpha value is -1.43. The predicted molar refractivity (Wildman–Crippen MR) is 72.8 cm³/mol. The van der Waals surface area contributed by atoms with Gasteiger partial charge in [0.15, 0.2) is 5.82 Å². The van der Waals surface area contributed by atoms with E-state index in [-0.39, 0.29) is 0 Å². The zero-order valence-corrected chi connectivity index (χ0v) is 12.0. The SMILES string of the molecule is CNc1snc(C)c1-c1nc(CCC(C)C)no1. The second kappa shape index (κ2) is 5.48. The summed E-state index contributed by atoms with van der Waals surface area (Å²) in [6, 6.07) is 0. The molecule has 6 heteroatoms. The van der Waals surface area contributed by atoms with Crippen LogP contribution in [0.2, 0.25) is 0 Å². The van der Waals surface area contributed by atoms with E-state index >= 15 is 0 Å². The minimum absolute atomic E-state index is 0.560. The van der Waals surface area contributed by atoms with Crippen LogP contribution in [0.3, 0.4) is 0 Å². The maximum Gasteiger partial charge on any atom is 0.262 e. The van der Waals surface area contributed by atoms with Gasteiger partial charge in [-0.2, -0.15) is 9.36 Å². The van der Waals surface area contributed by atoms with Gasteiger partial charge >= 0.3 is 0 Å². The van der Waals surface area contributed by atoms with Gasteiger partial charge in [-0.1, -0.05) is 19.0 Å². The third-order valence-corrected chi connectivity index (χ3v) is 3.67. The second-order valence-corrected chi connectivity index (χ2v) is 5.44. The molecule has 0 aliphatic heterocycles. The first-order chi connectivity index (χ1) is 8.61. The van der Waals surface area contributed by atoms with Crippen molar-refractivity contribution in [2.45, 2.75) is 33.6 Å². The molecule has 2 heterocycles. The molecule has 0 saturated carbocycles. The lowest BCUT2D eigenvalue weighted by Crippen LogP contribution is -1.94. The van der Waals surface area contributed by atoms with Crippen LogP contribution in [0.15, 0.2) is 4.52 Å². The Morgan fingerprint density at radius 2 is 2.17 bits per heavy atom. The molecule has 2 aromatic heterocycles. The van der Waals surface area contributed by atoms with Gasteiger partial charge < -0.3 is 9.84 Å². The van der Waals surface area contributed by atoms with E-state index < -0.39 is 0 Å². The fourth-order valence-electron chi connectivity index (χ4n) is 1.67. The fourth-order valence-corrected chi connectivity index (χ4v) is 2.40. The van der Waals surface area contributed by atoms with Crippen molar-refractivity contribution in [3.63, 3.8) is 0 Å². The molecule has 1 N–H and O–H groups in total. The molecule has 0 amide bonds. The highest BCUT2D eigenvalue weighted by Gasteiger charge is 2.18. The van der Waals surface area contributed by atoms with Gasteiger partial charge in [0.05, 0.1) is 11.3 Å². The van der Waals surface area contributed by atoms with Gasteiger partial charge in [-0.05, 0) is 30.8 Å². The number of hydrogen-bond donors (Lipinski definition) is 1. The monoisotopic (exact) mass is 266 g/mol. The van der Waals surface area contributed by atoms with Crippen molar-refractivity contribution in [3.8, 4) is 11.5 Å². The highest BCUT2D eigenvalue weighted by molar-refractivity contribution is 7.10. The Kier molecular flexibility index (Phi) is 3.96. The van der Waals surface area contributed by atoms with Crippen LogP contribution < -0.4 is 5.32 Å². The van der Waals surface area contributed by atoms with E-state index in [9.17, 15) is 0 Å². The summed E-state index contributed by atoms with van der Waals surface area (Å²) in [4.78, 5) is 4.44. The lowest BCUT2D eigenvalue weighted by Gasteiger charge is -1.99. The summed E-state index contributed by atoms with van der Waals surface area (Å²) < 4.78 is 9.63. The van der Waals surface area contributed by atoms with E-state index in [1.165, 1.54) is 11.5 Å². The molecule has 98 valence electrons. The Bertz CT molecular complexity index is 518. The van der Waals surface area contributed by atoms with Gasteiger partial charge in [-0.3, -0.25) is 0 Å². The summed E-state index contributed by atoms with van der Waals surface area (Å²) in [5.74, 6) is 1.97. The summed E-state index contributed by atoms with van der Waals surface area (Å²) in [7, 11) is 1.87. The molecule has 0 spiro atoms. The van der Waals surface area contributed by atoms with Crippen LogP contribution in [-0.4, -0.2) is 21.6 Å². The Morgan fingerprint density at radius 1 is 1.39 bits per heavy atom. The number of aromatic nitrogens is 3. The molecule has 0 aliphatic rings. The van der Waals surface area contributed by atoms with Gasteiger partial charge in [-0.25, -0.2) is 0 Å². The van der Waals surface area contributed by atoms with Crippen molar-refractivity contribution in [2.75, 3.05) is 12.4 Å². The fraction of sp³-hybridized carbons (Fsp3) is 0.583. The normalized spacial score (nSPS) is 11.2. The third-order valence-electron chi connectivity index (χ3n) is 2.72. The lowest BCUT2D eigenvalue weighted by atomic mass is 10.1. The highest BCUT2D eigenvalue weighted by Crippen LogP contribution is 2.33. The summed E-state index contributed by atoms with van der Waals surface area (Å²) in [6.45, 7) is 6.32. The van der Waals surface area contributed by atoms with Gasteiger partial charge in [0.2, 0.25) is 0 Å². The van der Waals surface area contributed by atoms with E-state index in [4.69, 9.17) is 4.52 Å². The van der Waals surface area contributed by atoms with Crippen molar-refractivity contribution in [3.05, 3.63) is 11.5 Å². The van der Waals surface area contributed by atoms with E-state index in [0.29, 0.717) is 11.8 Å². The molecule has 0 atom stereocenters. The summed E-state index contributed by atoms with van der Waals surface area (Å²) in [5.41, 5.74) is 1.84. The highest BCUT2D eigenvalue weighted by atomic mass is 32.1. The Morgan fingerprint density at radius 3 is 2.83 bits per heavy atom. The molecule has 0 bridgehead atoms. The van der Waals surface area contributed by atoms with Crippen LogP contribution in [0.1, 0.15) is 31.8 Å². The standard InChI is InChI=1S/C12H18N4OS/c1-7(2)5-6-9-14-11(17-15-9)10-8(3)16-18-12(10)13-4/h7,13H,5-6H2,1-4H3. The maximum absolute atomic E-state index is 5.33. The summed E-state index contributed by atoms with van der Waals surface area (Å²) in [5, 5.41) is 8.09. The largest absolute Gasteiger partial charge is 0.378 e. The quantitative estimate of drug-likeness (QED) is 0.900. The molecular weight excluding hydrogens is 248 g/mol. The molecule has 2 aromatic rings. The van der Waals surface area contributed by atoms with E-state index in [2.05, 4.69) is 33.7 Å². The first-order valence-corrected chi connectivity index (χ1v) is 6.86. The Balaban J connectivity index is 2.21.